The van der Waals surface area contributed by atoms with Crippen LogP contribution >= 0.6 is 0 Å². The molecule has 0 saturated heterocycles. The van der Waals surface area contributed by atoms with Crippen LogP contribution in [0.25, 0.3) is 5.65 Å². The zero-order chi connectivity index (χ0) is 20.9. The van der Waals surface area contributed by atoms with Crippen molar-refractivity contribution in [3.8, 4) is 0 Å². The summed E-state index contributed by atoms with van der Waals surface area (Å²) < 4.78 is 1.82. The highest BCUT2D eigenvalue weighted by Crippen LogP contribution is 2.59. The number of likely N-dealkylation sites (N-methyl/N-ethyl adjacent to an activating group) is 1. The van der Waals surface area contributed by atoms with Crippen molar-refractivity contribution in [3.05, 3.63) is 35.8 Å². The number of hydrogen-bond donors (Lipinski definition) is 1. The summed E-state index contributed by atoms with van der Waals surface area (Å²) in [5.41, 5.74) is 2.31. The molecule has 0 radical (unpaired) electrons. The molecule has 0 spiro atoms. The van der Waals surface area contributed by atoms with Gasteiger partial charge in [0.05, 0.1) is 12.1 Å². The molecular weight excluding hydrogens is 376 g/mol. The van der Waals surface area contributed by atoms with Gasteiger partial charge in [0.1, 0.15) is 11.3 Å². The molecule has 0 atom stereocenters. The minimum Gasteiger partial charge on any atom is -0.350 e. The Kier molecular flexibility index (Phi) is 4.83. The Balaban J connectivity index is 1.31. The van der Waals surface area contributed by atoms with Crippen LogP contribution in [0.1, 0.15) is 61.6 Å². The van der Waals surface area contributed by atoms with Gasteiger partial charge < -0.3 is 10.2 Å². The maximum atomic E-state index is 13.1. The highest BCUT2D eigenvalue weighted by Gasteiger charge is 2.50. The number of hydrogen-bond acceptors (Lipinski definition) is 3. The van der Waals surface area contributed by atoms with E-state index in [-0.39, 0.29) is 18.2 Å². The third-order valence-electron chi connectivity index (χ3n) is 7.80. The second-order valence-corrected chi connectivity index (χ2v) is 10.1. The highest BCUT2D eigenvalue weighted by molar-refractivity contribution is 5.93. The van der Waals surface area contributed by atoms with E-state index in [4.69, 9.17) is 0 Å². The molecule has 2 amide bonds. The molecule has 4 aliphatic rings. The molecule has 0 unspecified atom stereocenters. The summed E-state index contributed by atoms with van der Waals surface area (Å²) in [6.07, 6.45) is 10.2. The highest BCUT2D eigenvalue weighted by atomic mass is 16.2. The van der Waals surface area contributed by atoms with Crippen molar-refractivity contribution in [1.29, 1.82) is 0 Å². The van der Waals surface area contributed by atoms with Crippen molar-refractivity contribution >= 4 is 17.5 Å². The number of fused-ring (bicyclic) bond motifs is 1. The zero-order valence-corrected chi connectivity index (χ0v) is 18.1. The molecule has 1 N–H and O–H groups in total. The number of carbonyl (C=O) groups excluding carboxylic acids is 2. The van der Waals surface area contributed by atoms with Gasteiger partial charge in [0, 0.05) is 26.3 Å². The van der Waals surface area contributed by atoms with Gasteiger partial charge in [-0.3, -0.25) is 14.0 Å². The first-order valence-electron chi connectivity index (χ1n) is 11.4. The molecule has 6 rings (SSSR count). The normalized spacial score (nSPS) is 29.3. The van der Waals surface area contributed by atoms with Crippen LogP contribution in [0.15, 0.2) is 24.4 Å². The lowest BCUT2D eigenvalue weighted by Gasteiger charge is -2.56. The summed E-state index contributed by atoms with van der Waals surface area (Å²) >= 11 is 0. The van der Waals surface area contributed by atoms with Gasteiger partial charge in [-0.25, -0.2) is 4.98 Å². The lowest BCUT2D eigenvalue weighted by molar-refractivity contribution is -0.129. The van der Waals surface area contributed by atoms with Crippen LogP contribution in [-0.2, 0) is 11.2 Å². The van der Waals surface area contributed by atoms with Gasteiger partial charge in [-0.05, 0) is 80.8 Å². The summed E-state index contributed by atoms with van der Waals surface area (Å²) in [5, 5.41) is 3.26. The van der Waals surface area contributed by atoms with E-state index in [1.165, 1.54) is 38.5 Å². The lowest BCUT2D eigenvalue weighted by atomic mass is 9.49. The molecule has 2 aromatic rings. The summed E-state index contributed by atoms with van der Waals surface area (Å²) in [6, 6.07) is 5.59. The number of carbonyl (C=O) groups is 2. The number of rotatable bonds is 6. The van der Waals surface area contributed by atoms with Crippen molar-refractivity contribution in [2.45, 2.75) is 51.9 Å². The molecule has 6 heteroatoms. The summed E-state index contributed by atoms with van der Waals surface area (Å²) in [5.74, 6) is 2.63. The predicted molar refractivity (Wildman–Crippen MR) is 115 cm³/mol. The fourth-order valence-corrected chi connectivity index (χ4v) is 6.66. The topological polar surface area (TPSA) is 66.7 Å². The van der Waals surface area contributed by atoms with E-state index in [2.05, 4.69) is 10.3 Å². The van der Waals surface area contributed by atoms with E-state index >= 15 is 0 Å². The smallest absolute Gasteiger partial charge is 0.268 e. The van der Waals surface area contributed by atoms with Crippen LogP contribution in [0, 0.1) is 23.2 Å². The molecule has 30 heavy (non-hydrogen) atoms. The van der Waals surface area contributed by atoms with Gasteiger partial charge in [-0.15, -0.1) is 0 Å². The summed E-state index contributed by atoms with van der Waals surface area (Å²) in [4.78, 5) is 31.6. The quantitative estimate of drug-likeness (QED) is 0.798. The first-order valence-corrected chi connectivity index (χ1v) is 11.4. The molecule has 160 valence electrons. The van der Waals surface area contributed by atoms with Gasteiger partial charge in [0.2, 0.25) is 5.91 Å². The first-order chi connectivity index (χ1) is 14.4. The monoisotopic (exact) mass is 408 g/mol. The Morgan fingerprint density at radius 2 is 1.83 bits per heavy atom. The summed E-state index contributed by atoms with van der Waals surface area (Å²) in [7, 11) is 1.79. The average Bonchev–Trinajstić information content (AvgIpc) is 3.12. The Morgan fingerprint density at radius 1 is 1.17 bits per heavy atom. The molecule has 4 saturated carbocycles. The van der Waals surface area contributed by atoms with Crippen LogP contribution in [0.3, 0.4) is 0 Å². The van der Waals surface area contributed by atoms with Gasteiger partial charge in [-0.2, -0.15) is 0 Å². The van der Waals surface area contributed by atoms with E-state index < -0.39 is 0 Å². The maximum absolute atomic E-state index is 13.1. The number of nitrogens with one attached hydrogen (secondary N) is 1. The number of nitrogens with zero attached hydrogens (tertiary/aromatic N) is 3. The maximum Gasteiger partial charge on any atom is 0.268 e. The van der Waals surface area contributed by atoms with Crippen LogP contribution in [0.2, 0.25) is 0 Å². The number of pyridine rings is 1. The fraction of sp³-hybridized carbons (Fsp3) is 0.625. The Hall–Kier alpha value is -2.37. The van der Waals surface area contributed by atoms with Crippen LogP contribution in [0.5, 0.6) is 0 Å². The van der Waals surface area contributed by atoms with Crippen molar-refractivity contribution in [2.75, 3.05) is 20.1 Å². The van der Waals surface area contributed by atoms with Crippen molar-refractivity contribution in [1.82, 2.24) is 19.6 Å². The predicted octanol–water partition coefficient (Wildman–Crippen LogP) is 3.30. The second-order valence-electron chi connectivity index (χ2n) is 10.1. The Morgan fingerprint density at radius 3 is 2.47 bits per heavy atom. The van der Waals surface area contributed by atoms with E-state index in [9.17, 15) is 9.59 Å². The van der Waals surface area contributed by atoms with Crippen LogP contribution < -0.4 is 5.32 Å². The Bertz CT molecular complexity index is 943. The molecule has 4 aliphatic carbocycles. The van der Waals surface area contributed by atoms with Crippen molar-refractivity contribution < 1.29 is 9.59 Å². The molecule has 2 aromatic heterocycles. The average molecular weight is 409 g/mol. The first kappa shape index (κ1) is 19.6. The van der Waals surface area contributed by atoms with Gasteiger partial charge in [0.15, 0.2) is 0 Å². The van der Waals surface area contributed by atoms with Gasteiger partial charge >= 0.3 is 0 Å². The SMILES string of the molecule is CCN(C)C(=O)Cc1cn2c(C(=O)NCC34CC5CC(CC(C5)C3)C4)cccc2n1. The van der Waals surface area contributed by atoms with Crippen molar-refractivity contribution in [2.24, 2.45) is 23.2 Å². The minimum absolute atomic E-state index is 0.0359. The van der Waals surface area contributed by atoms with Crippen molar-refractivity contribution in [3.63, 3.8) is 0 Å². The number of amides is 2. The molecule has 0 aromatic carbocycles. The molecule has 2 heterocycles. The zero-order valence-electron chi connectivity index (χ0n) is 18.1. The van der Waals surface area contributed by atoms with Gasteiger partial charge in [-0.1, -0.05) is 6.07 Å². The van der Waals surface area contributed by atoms with E-state index in [1.54, 1.807) is 11.9 Å². The van der Waals surface area contributed by atoms with Crippen LogP contribution in [-0.4, -0.2) is 46.2 Å². The van der Waals surface area contributed by atoms with Crippen LogP contribution in [0.4, 0.5) is 0 Å². The Labute approximate surface area is 178 Å². The van der Waals surface area contributed by atoms with E-state index in [1.807, 2.05) is 35.7 Å². The standard InChI is InChI=1S/C24H32N4O2/c1-3-27(2)22(29)10-19-14-28-20(5-4-6-21(28)26-19)23(30)25-15-24-11-16-7-17(12-24)9-18(8-16)13-24/h4-6,14,16-18H,3,7-13,15H2,1-2H3,(H,25,30). The molecule has 4 bridgehead atoms. The number of imidazole rings is 1. The molecule has 6 nitrogen and oxygen atoms in total. The van der Waals surface area contributed by atoms with E-state index in [0.717, 1.165) is 24.3 Å². The number of aromatic nitrogens is 2. The van der Waals surface area contributed by atoms with E-state index in [0.29, 0.717) is 29.0 Å². The third-order valence-corrected chi connectivity index (χ3v) is 7.80. The molecule has 4 fully saturated rings. The minimum atomic E-state index is -0.0442. The lowest BCUT2D eigenvalue weighted by Crippen LogP contribution is -2.51. The second kappa shape index (κ2) is 7.40. The molecule has 0 aliphatic heterocycles. The molecular formula is C24H32N4O2. The fourth-order valence-electron chi connectivity index (χ4n) is 6.66. The van der Waals surface area contributed by atoms with Gasteiger partial charge in [0.25, 0.3) is 5.91 Å². The largest absolute Gasteiger partial charge is 0.350 e. The third kappa shape index (κ3) is 3.50. The summed E-state index contributed by atoms with van der Waals surface area (Å²) in [6.45, 7) is 3.41.